The molecule has 4 aliphatic rings. The van der Waals surface area contributed by atoms with E-state index in [-0.39, 0.29) is 0 Å². The Morgan fingerprint density at radius 1 is 1.36 bits per heavy atom. The van der Waals surface area contributed by atoms with Crippen molar-refractivity contribution in [3.8, 4) is 0 Å². The Bertz CT molecular complexity index is 674. The molecule has 0 spiro atoms. The van der Waals surface area contributed by atoms with Gasteiger partial charge in [-0.15, -0.1) is 0 Å². The summed E-state index contributed by atoms with van der Waals surface area (Å²) >= 11 is 3.27. The van der Waals surface area contributed by atoms with Gasteiger partial charge in [0.25, 0.3) is 4.73 Å². The van der Waals surface area contributed by atoms with E-state index in [0.717, 1.165) is 32.1 Å². The molecule has 4 fully saturated rings. The van der Waals surface area contributed by atoms with Crippen molar-refractivity contribution < 1.29 is 14.8 Å². The molecule has 9 heteroatoms. The number of aliphatic carboxylic acids is 1. The zero-order valence-electron chi connectivity index (χ0n) is 11.7. The highest BCUT2D eigenvalue weighted by Crippen LogP contribution is 2.64. The van der Waals surface area contributed by atoms with Gasteiger partial charge in [-0.2, -0.15) is 4.68 Å². The topological polar surface area (TPSA) is 111 Å². The second-order valence-corrected chi connectivity index (χ2v) is 7.83. The smallest absolute Gasteiger partial charge is 0.481 e. The number of halogens is 1. The van der Waals surface area contributed by atoms with Crippen molar-refractivity contribution in [1.29, 1.82) is 0 Å². The van der Waals surface area contributed by atoms with E-state index >= 15 is 0 Å². The monoisotopic (exact) mass is 370 g/mol. The van der Waals surface area contributed by atoms with Gasteiger partial charge in [0, 0.05) is 21.0 Å². The second-order valence-electron chi connectivity index (χ2n) is 7.12. The molecular weight excluding hydrogens is 356 g/mol. The molecule has 22 heavy (non-hydrogen) atoms. The highest BCUT2D eigenvalue weighted by Gasteiger charge is 2.63. The van der Waals surface area contributed by atoms with Gasteiger partial charge in [0.1, 0.15) is 0 Å². The largest absolute Gasteiger partial charge is 0.492 e. The van der Waals surface area contributed by atoms with E-state index in [0.29, 0.717) is 23.0 Å². The summed E-state index contributed by atoms with van der Waals surface area (Å²) in [6.07, 6.45) is 4.64. The molecular formula is C13H15BrN4O4. The summed E-state index contributed by atoms with van der Waals surface area (Å²) in [6, 6.07) is 0. The molecule has 1 N–H and O–H groups in total. The van der Waals surface area contributed by atoms with Crippen LogP contribution in [0.5, 0.6) is 0 Å². The number of hydrogen-bond donors (Lipinski definition) is 1. The third-order valence-electron chi connectivity index (χ3n) is 5.65. The maximum absolute atomic E-state index is 11.9. The first-order valence-electron chi connectivity index (χ1n) is 7.34. The van der Waals surface area contributed by atoms with Gasteiger partial charge >= 0.3 is 11.9 Å². The number of carboxylic acid groups (broad SMARTS) is 1. The summed E-state index contributed by atoms with van der Waals surface area (Å²) < 4.78 is 1.90. The van der Waals surface area contributed by atoms with Crippen molar-refractivity contribution in [3.63, 3.8) is 0 Å². The maximum atomic E-state index is 11.9. The Kier molecular flexibility index (Phi) is 2.74. The Labute approximate surface area is 134 Å². The summed E-state index contributed by atoms with van der Waals surface area (Å²) in [5, 5.41) is 24.7. The van der Waals surface area contributed by atoms with Gasteiger partial charge in [-0.3, -0.25) is 4.79 Å². The molecule has 0 radical (unpaired) electrons. The zero-order chi connectivity index (χ0) is 15.7. The number of aromatic nitrogens is 3. The van der Waals surface area contributed by atoms with Gasteiger partial charge in [0.2, 0.25) is 0 Å². The molecule has 0 aliphatic heterocycles. The Hall–Kier alpha value is -1.51. The molecule has 2 atom stereocenters. The summed E-state index contributed by atoms with van der Waals surface area (Å²) in [5.74, 6) is -0.469. The van der Waals surface area contributed by atoms with Gasteiger partial charge in [0.15, 0.2) is 0 Å². The van der Waals surface area contributed by atoms with Crippen molar-refractivity contribution in [2.45, 2.75) is 44.1 Å². The Morgan fingerprint density at radius 2 is 2.00 bits per heavy atom. The molecule has 1 aromatic heterocycles. The van der Waals surface area contributed by atoms with Gasteiger partial charge in [0.05, 0.1) is 11.0 Å². The fourth-order valence-corrected chi connectivity index (χ4v) is 5.99. The lowest BCUT2D eigenvalue weighted by Crippen LogP contribution is -2.59. The lowest BCUT2D eigenvalue weighted by Gasteiger charge is -2.59. The standard InChI is InChI=1S/C13H15BrN4O4/c14-10-15-11(18(21)22)16-17(10)13-4-7-1-8(5-13)3-12(2-7,6-13)9(19)20/h7-8H,1-6H2,(H,19,20). The lowest BCUT2D eigenvalue weighted by molar-refractivity contribution is -0.394. The molecule has 0 amide bonds. The minimum Gasteiger partial charge on any atom is -0.481 e. The van der Waals surface area contributed by atoms with Crippen molar-refractivity contribution in [2.24, 2.45) is 17.3 Å². The number of hydrogen-bond acceptors (Lipinski definition) is 5. The third-order valence-corrected chi connectivity index (χ3v) is 6.17. The van der Waals surface area contributed by atoms with E-state index in [1.807, 2.05) is 0 Å². The minimum atomic E-state index is -0.739. The van der Waals surface area contributed by atoms with Crippen LogP contribution < -0.4 is 0 Å². The van der Waals surface area contributed by atoms with Crippen LogP contribution in [0.1, 0.15) is 38.5 Å². The molecule has 4 saturated carbocycles. The van der Waals surface area contributed by atoms with Gasteiger partial charge in [-0.1, -0.05) is 0 Å². The molecule has 1 aromatic rings. The average Bonchev–Trinajstić information content (AvgIpc) is 2.80. The average molecular weight is 371 g/mol. The molecule has 118 valence electrons. The first kappa shape index (κ1) is 14.1. The molecule has 8 nitrogen and oxygen atoms in total. The number of nitrogens with zero attached hydrogens (tertiary/aromatic N) is 4. The number of carbonyl (C=O) groups is 1. The Morgan fingerprint density at radius 3 is 2.50 bits per heavy atom. The number of rotatable bonds is 3. The minimum absolute atomic E-state index is 0.321. The van der Waals surface area contributed by atoms with Gasteiger partial charge < -0.3 is 15.2 Å². The summed E-state index contributed by atoms with van der Waals surface area (Å²) in [5.41, 5.74) is -1.16. The van der Waals surface area contributed by atoms with Crippen LogP contribution in [0.3, 0.4) is 0 Å². The molecule has 0 aromatic carbocycles. The van der Waals surface area contributed by atoms with Crippen LogP contribution in [0.4, 0.5) is 5.95 Å². The van der Waals surface area contributed by atoms with E-state index in [1.54, 1.807) is 4.68 Å². The predicted molar refractivity (Wildman–Crippen MR) is 77.1 cm³/mol. The highest BCUT2D eigenvalue weighted by atomic mass is 79.9. The molecule has 0 saturated heterocycles. The van der Waals surface area contributed by atoms with Crippen molar-refractivity contribution >= 4 is 27.8 Å². The van der Waals surface area contributed by atoms with E-state index in [2.05, 4.69) is 26.0 Å². The number of nitro groups is 1. The van der Waals surface area contributed by atoms with Crippen LogP contribution in [0.25, 0.3) is 0 Å². The molecule has 5 rings (SSSR count). The Balaban J connectivity index is 1.81. The maximum Gasteiger partial charge on any atom is 0.492 e. The molecule has 4 bridgehead atoms. The van der Waals surface area contributed by atoms with Crippen molar-refractivity contribution in [3.05, 3.63) is 14.8 Å². The fraction of sp³-hybridized carbons (Fsp3) is 0.769. The van der Waals surface area contributed by atoms with Crippen LogP contribution >= 0.6 is 15.9 Å². The fourth-order valence-electron chi connectivity index (χ4n) is 5.37. The molecule has 2 unspecified atom stereocenters. The SMILES string of the molecule is O=C(O)C12CC3CC(C1)CC(n1nc([N+](=O)[O-])nc1Br)(C3)C2. The predicted octanol–water partition coefficient (Wildman–Crippen LogP) is 2.33. The van der Waals surface area contributed by atoms with E-state index in [4.69, 9.17) is 0 Å². The molecule has 4 aliphatic carbocycles. The zero-order valence-corrected chi connectivity index (χ0v) is 13.3. The van der Waals surface area contributed by atoms with Gasteiger partial charge in [-0.25, -0.2) is 0 Å². The van der Waals surface area contributed by atoms with Crippen LogP contribution in [0.15, 0.2) is 4.73 Å². The van der Waals surface area contributed by atoms with E-state index in [9.17, 15) is 20.0 Å². The second kappa shape index (κ2) is 4.27. The van der Waals surface area contributed by atoms with Gasteiger partial charge in [-0.05, 0) is 60.3 Å². The first-order chi connectivity index (χ1) is 10.3. The summed E-state index contributed by atoms with van der Waals surface area (Å²) in [4.78, 5) is 26.0. The lowest BCUT2D eigenvalue weighted by atomic mass is 9.47. The third kappa shape index (κ3) is 1.77. The highest BCUT2D eigenvalue weighted by molar-refractivity contribution is 9.10. The van der Waals surface area contributed by atoms with Crippen LogP contribution in [0.2, 0.25) is 0 Å². The quantitative estimate of drug-likeness (QED) is 0.645. The van der Waals surface area contributed by atoms with E-state index in [1.165, 1.54) is 0 Å². The van der Waals surface area contributed by atoms with Crippen LogP contribution in [0, 0.1) is 27.4 Å². The van der Waals surface area contributed by atoms with Crippen molar-refractivity contribution in [2.75, 3.05) is 0 Å². The first-order valence-corrected chi connectivity index (χ1v) is 8.14. The van der Waals surface area contributed by atoms with Crippen LogP contribution in [-0.2, 0) is 10.3 Å². The van der Waals surface area contributed by atoms with Crippen LogP contribution in [-0.4, -0.2) is 30.8 Å². The van der Waals surface area contributed by atoms with Crippen molar-refractivity contribution in [1.82, 2.24) is 14.8 Å². The number of carboxylic acids is 1. The molecule has 1 heterocycles. The normalized spacial score (nSPS) is 39.1. The summed E-state index contributed by atoms with van der Waals surface area (Å²) in [6.45, 7) is 0. The summed E-state index contributed by atoms with van der Waals surface area (Å²) in [7, 11) is 0. The van der Waals surface area contributed by atoms with E-state index < -0.39 is 27.8 Å².